The molecule has 20 heavy (non-hydrogen) atoms. The van der Waals surface area contributed by atoms with Gasteiger partial charge in [-0.2, -0.15) is 10.1 Å². The highest BCUT2D eigenvalue weighted by Crippen LogP contribution is 2.19. The molecule has 0 radical (unpaired) electrons. The van der Waals surface area contributed by atoms with Gasteiger partial charge in [0.05, 0.1) is 12.1 Å². The maximum Gasteiger partial charge on any atom is 0.255 e. The number of amides is 2. The van der Waals surface area contributed by atoms with Gasteiger partial charge in [-0.25, -0.2) is 0 Å². The summed E-state index contributed by atoms with van der Waals surface area (Å²) in [6, 6.07) is 9.20. The maximum absolute atomic E-state index is 11.9. The summed E-state index contributed by atoms with van der Waals surface area (Å²) in [6.07, 6.45) is 3.61. The molecule has 1 heterocycles. The highest BCUT2D eigenvalue weighted by atomic mass is 16.2. The molecular weight excluding hydrogens is 254 g/mol. The Balaban J connectivity index is 1.94. The molecule has 1 aromatic rings. The van der Waals surface area contributed by atoms with Gasteiger partial charge in [-0.1, -0.05) is 38.0 Å². The van der Waals surface area contributed by atoms with E-state index in [-0.39, 0.29) is 18.2 Å². The summed E-state index contributed by atoms with van der Waals surface area (Å²) >= 11 is 0. The fourth-order valence-corrected chi connectivity index (χ4v) is 2.03. The predicted octanol–water partition coefficient (Wildman–Crippen LogP) is 2.43. The summed E-state index contributed by atoms with van der Waals surface area (Å²) in [7, 11) is 0. The first-order valence-corrected chi connectivity index (χ1v) is 6.96. The summed E-state index contributed by atoms with van der Waals surface area (Å²) in [6.45, 7) is 2.09. The Morgan fingerprint density at radius 1 is 1.30 bits per heavy atom. The molecular formula is C15H19N3O2. The summed E-state index contributed by atoms with van der Waals surface area (Å²) in [5, 5.41) is 8.23. The highest BCUT2D eigenvalue weighted by Gasteiger charge is 2.25. The Morgan fingerprint density at radius 3 is 2.75 bits per heavy atom. The molecule has 0 unspecified atom stereocenters. The van der Waals surface area contributed by atoms with E-state index in [4.69, 9.17) is 0 Å². The number of rotatable bonds is 5. The number of hydrogen-bond donors (Lipinski definition) is 1. The van der Waals surface area contributed by atoms with Crippen molar-refractivity contribution >= 4 is 23.3 Å². The topological polar surface area (TPSA) is 61.8 Å². The van der Waals surface area contributed by atoms with Crippen LogP contribution in [0.2, 0.25) is 0 Å². The quantitative estimate of drug-likeness (QED) is 0.837. The number of anilines is 1. The van der Waals surface area contributed by atoms with E-state index in [1.807, 2.05) is 30.3 Å². The highest BCUT2D eigenvalue weighted by molar-refractivity contribution is 6.15. The van der Waals surface area contributed by atoms with Gasteiger partial charge in [-0.3, -0.25) is 9.59 Å². The van der Waals surface area contributed by atoms with Crippen LogP contribution >= 0.6 is 0 Å². The standard InChI is InChI=1S/C15H19N3O2/c1-2-3-5-10-14(19)16-13-11-15(20)18(17-13)12-8-6-4-7-9-12/h4,6-9H,2-3,5,10-11H2,1H3,(H,16,17,19). The Bertz CT molecular complexity index is 511. The Kier molecular flexibility index (Phi) is 4.87. The van der Waals surface area contributed by atoms with Crippen LogP contribution in [0.3, 0.4) is 0 Å². The van der Waals surface area contributed by atoms with Gasteiger partial charge in [0.15, 0.2) is 0 Å². The summed E-state index contributed by atoms with van der Waals surface area (Å²) in [5.74, 6) is 0.236. The van der Waals surface area contributed by atoms with Gasteiger partial charge in [0.2, 0.25) is 5.91 Å². The minimum atomic E-state index is -0.125. The largest absolute Gasteiger partial charge is 0.312 e. The first-order valence-electron chi connectivity index (χ1n) is 6.96. The van der Waals surface area contributed by atoms with Crippen LogP contribution in [0.5, 0.6) is 0 Å². The van der Waals surface area contributed by atoms with Crippen molar-refractivity contribution in [3.8, 4) is 0 Å². The van der Waals surface area contributed by atoms with Gasteiger partial charge >= 0.3 is 0 Å². The SMILES string of the molecule is CCCCCC(=O)NC1=NN(c2ccccc2)C(=O)C1. The fourth-order valence-electron chi connectivity index (χ4n) is 2.03. The number of carbonyl (C=O) groups is 2. The van der Waals surface area contributed by atoms with E-state index in [2.05, 4.69) is 17.3 Å². The third kappa shape index (κ3) is 3.66. The van der Waals surface area contributed by atoms with Crippen LogP contribution in [0.15, 0.2) is 35.4 Å². The van der Waals surface area contributed by atoms with Crippen LogP contribution in [-0.4, -0.2) is 17.6 Å². The van der Waals surface area contributed by atoms with Gasteiger partial charge in [0, 0.05) is 6.42 Å². The normalized spacial score (nSPS) is 14.3. The number of nitrogens with one attached hydrogen (secondary N) is 1. The van der Waals surface area contributed by atoms with E-state index in [1.165, 1.54) is 5.01 Å². The average Bonchev–Trinajstić information content (AvgIpc) is 2.81. The van der Waals surface area contributed by atoms with E-state index in [0.29, 0.717) is 17.9 Å². The molecule has 0 aliphatic carbocycles. The fraction of sp³-hybridized carbons (Fsp3) is 0.400. The number of carbonyl (C=O) groups excluding carboxylic acids is 2. The summed E-state index contributed by atoms with van der Waals surface area (Å²) in [4.78, 5) is 23.6. The second-order valence-corrected chi connectivity index (χ2v) is 4.77. The van der Waals surface area contributed by atoms with Crippen molar-refractivity contribution in [2.45, 2.75) is 39.0 Å². The van der Waals surface area contributed by atoms with Crippen molar-refractivity contribution < 1.29 is 9.59 Å². The van der Waals surface area contributed by atoms with E-state index < -0.39 is 0 Å². The molecule has 0 fully saturated rings. The molecule has 2 rings (SSSR count). The van der Waals surface area contributed by atoms with Crippen LogP contribution in [0.4, 0.5) is 5.69 Å². The lowest BCUT2D eigenvalue weighted by Crippen LogP contribution is -2.29. The van der Waals surface area contributed by atoms with Gasteiger partial charge in [0.1, 0.15) is 5.84 Å². The van der Waals surface area contributed by atoms with Crippen molar-refractivity contribution in [1.82, 2.24) is 5.32 Å². The van der Waals surface area contributed by atoms with Crippen molar-refractivity contribution in [2.75, 3.05) is 5.01 Å². The molecule has 1 N–H and O–H groups in total. The lowest BCUT2D eigenvalue weighted by molar-refractivity contribution is -0.119. The van der Waals surface area contributed by atoms with Crippen molar-refractivity contribution in [3.05, 3.63) is 30.3 Å². The van der Waals surface area contributed by atoms with Crippen LogP contribution in [0.25, 0.3) is 0 Å². The van der Waals surface area contributed by atoms with Crippen molar-refractivity contribution in [1.29, 1.82) is 0 Å². The summed E-state index contributed by atoms with van der Waals surface area (Å²) < 4.78 is 0. The number of hydrogen-bond acceptors (Lipinski definition) is 3. The number of benzene rings is 1. The first kappa shape index (κ1) is 14.2. The Hall–Kier alpha value is -2.17. The third-order valence-electron chi connectivity index (χ3n) is 3.07. The van der Waals surface area contributed by atoms with Crippen molar-refractivity contribution in [2.24, 2.45) is 5.10 Å². The first-order chi connectivity index (χ1) is 9.70. The monoisotopic (exact) mass is 273 g/mol. The van der Waals surface area contributed by atoms with Crippen molar-refractivity contribution in [3.63, 3.8) is 0 Å². The van der Waals surface area contributed by atoms with Gasteiger partial charge in [0.25, 0.3) is 5.91 Å². The number of amidine groups is 1. The minimum absolute atomic E-state index is 0.0695. The molecule has 5 nitrogen and oxygen atoms in total. The molecule has 0 atom stereocenters. The van der Waals surface area contributed by atoms with E-state index >= 15 is 0 Å². The van der Waals surface area contributed by atoms with Crippen LogP contribution in [0, 0.1) is 0 Å². The molecule has 1 aromatic carbocycles. The van der Waals surface area contributed by atoms with Crippen LogP contribution < -0.4 is 10.3 Å². The minimum Gasteiger partial charge on any atom is -0.312 e. The number of para-hydroxylation sites is 1. The zero-order chi connectivity index (χ0) is 14.4. The molecule has 1 aliphatic rings. The van der Waals surface area contributed by atoms with Crippen LogP contribution in [-0.2, 0) is 9.59 Å². The predicted molar refractivity (Wildman–Crippen MR) is 78.3 cm³/mol. The zero-order valence-electron chi connectivity index (χ0n) is 11.6. The third-order valence-corrected chi connectivity index (χ3v) is 3.07. The number of nitrogens with zero attached hydrogens (tertiary/aromatic N) is 2. The molecule has 0 bridgehead atoms. The van der Waals surface area contributed by atoms with E-state index in [0.717, 1.165) is 19.3 Å². The lowest BCUT2D eigenvalue weighted by Gasteiger charge is -2.10. The molecule has 0 saturated carbocycles. The van der Waals surface area contributed by atoms with Gasteiger partial charge in [-0.05, 0) is 18.6 Å². The van der Waals surface area contributed by atoms with Gasteiger partial charge in [-0.15, -0.1) is 0 Å². The smallest absolute Gasteiger partial charge is 0.255 e. The lowest BCUT2D eigenvalue weighted by atomic mass is 10.2. The Labute approximate surface area is 118 Å². The molecule has 1 aliphatic heterocycles. The van der Waals surface area contributed by atoms with E-state index in [1.54, 1.807) is 0 Å². The Morgan fingerprint density at radius 2 is 2.05 bits per heavy atom. The molecule has 106 valence electrons. The van der Waals surface area contributed by atoms with Gasteiger partial charge < -0.3 is 5.32 Å². The second kappa shape index (κ2) is 6.84. The molecule has 0 spiro atoms. The maximum atomic E-state index is 11.9. The summed E-state index contributed by atoms with van der Waals surface area (Å²) in [5.41, 5.74) is 0.715. The molecule has 0 aromatic heterocycles. The van der Waals surface area contributed by atoms with Crippen LogP contribution in [0.1, 0.15) is 39.0 Å². The molecule has 0 saturated heterocycles. The molecule has 2 amide bonds. The van der Waals surface area contributed by atoms with E-state index in [9.17, 15) is 9.59 Å². The molecule has 5 heteroatoms. The number of hydrazone groups is 1. The average molecular weight is 273 g/mol. The second-order valence-electron chi connectivity index (χ2n) is 4.77. The number of unbranched alkanes of at least 4 members (excludes halogenated alkanes) is 2. The zero-order valence-corrected chi connectivity index (χ0v) is 11.6.